The van der Waals surface area contributed by atoms with Crippen LogP contribution in [0.4, 0.5) is 8.78 Å². The molecular formula is C17H24F2N2O3. The van der Waals surface area contributed by atoms with Crippen LogP contribution in [-0.2, 0) is 16.0 Å². The van der Waals surface area contributed by atoms with E-state index in [1.807, 2.05) is 24.3 Å². The van der Waals surface area contributed by atoms with Crippen molar-refractivity contribution in [3.8, 4) is 5.75 Å². The van der Waals surface area contributed by atoms with Crippen LogP contribution in [0.3, 0.4) is 0 Å². The molecule has 134 valence electrons. The molecule has 0 unspecified atom stereocenters. The van der Waals surface area contributed by atoms with Gasteiger partial charge in [0.2, 0.25) is 0 Å². The number of hydrogen-bond acceptors (Lipinski definition) is 5. The summed E-state index contributed by atoms with van der Waals surface area (Å²) in [5.41, 5.74) is 0.879. The molecule has 2 rings (SSSR count). The second kappa shape index (κ2) is 9.54. The van der Waals surface area contributed by atoms with E-state index in [0.29, 0.717) is 19.7 Å². The number of halogens is 2. The van der Waals surface area contributed by atoms with E-state index in [1.54, 1.807) is 4.90 Å². The first-order chi connectivity index (χ1) is 11.6. The standard InChI is InChI=1S/C17H24F2N2O3/c1-23-17(22)12-14-2-4-15(5-3-14)24-11-10-20-6-8-21(9-7-20)13-16(18)19/h2-5,16H,6-13H2,1H3. The Hall–Kier alpha value is -1.73. The van der Waals surface area contributed by atoms with E-state index in [0.717, 1.165) is 30.9 Å². The van der Waals surface area contributed by atoms with Crippen LogP contribution in [0.25, 0.3) is 0 Å². The van der Waals surface area contributed by atoms with Gasteiger partial charge in [0.15, 0.2) is 0 Å². The lowest BCUT2D eigenvalue weighted by atomic mass is 10.1. The Kier molecular flexibility index (Phi) is 7.39. The fourth-order valence-corrected chi connectivity index (χ4v) is 2.63. The van der Waals surface area contributed by atoms with Crippen molar-refractivity contribution < 1.29 is 23.0 Å². The molecule has 0 aromatic heterocycles. The van der Waals surface area contributed by atoms with Crippen LogP contribution in [0.1, 0.15) is 5.56 Å². The highest BCUT2D eigenvalue weighted by Gasteiger charge is 2.19. The summed E-state index contributed by atoms with van der Waals surface area (Å²) >= 11 is 0. The maximum atomic E-state index is 12.3. The van der Waals surface area contributed by atoms with E-state index < -0.39 is 6.43 Å². The Morgan fingerprint density at radius 2 is 1.75 bits per heavy atom. The molecule has 0 bridgehead atoms. The predicted octanol–water partition coefficient (Wildman–Crippen LogP) is 1.66. The van der Waals surface area contributed by atoms with Crippen LogP contribution in [0, 0.1) is 0 Å². The van der Waals surface area contributed by atoms with Gasteiger partial charge in [-0.05, 0) is 17.7 Å². The minimum Gasteiger partial charge on any atom is -0.492 e. The fraction of sp³-hybridized carbons (Fsp3) is 0.588. The lowest BCUT2D eigenvalue weighted by Gasteiger charge is -2.34. The highest BCUT2D eigenvalue weighted by molar-refractivity contribution is 5.72. The number of benzene rings is 1. The van der Waals surface area contributed by atoms with Crippen molar-refractivity contribution in [2.75, 3.05) is 53.0 Å². The average molecular weight is 342 g/mol. The van der Waals surface area contributed by atoms with Gasteiger partial charge in [0.1, 0.15) is 12.4 Å². The summed E-state index contributed by atoms with van der Waals surface area (Å²) in [4.78, 5) is 15.2. The van der Waals surface area contributed by atoms with Gasteiger partial charge in [0, 0.05) is 32.7 Å². The molecule has 0 spiro atoms. The summed E-state index contributed by atoms with van der Waals surface area (Å²) in [6.45, 7) is 4.10. The van der Waals surface area contributed by atoms with Crippen LogP contribution < -0.4 is 4.74 Å². The molecule has 0 saturated carbocycles. The van der Waals surface area contributed by atoms with Crippen LogP contribution in [0.15, 0.2) is 24.3 Å². The van der Waals surface area contributed by atoms with Gasteiger partial charge in [0.05, 0.1) is 20.1 Å². The predicted molar refractivity (Wildman–Crippen MR) is 86.5 cm³/mol. The SMILES string of the molecule is COC(=O)Cc1ccc(OCCN2CCN(CC(F)F)CC2)cc1. The van der Waals surface area contributed by atoms with Crippen LogP contribution in [0.2, 0.25) is 0 Å². The Morgan fingerprint density at radius 3 is 2.33 bits per heavy atom. The molecular weight excluding hydrogens is 318 g/mol. The van der Waals surface area contributed by atoms with Crippen molar-refractivity contribution >= 4 is 5.97 Å². The van der Waals surface area contributed by atoms with E-state index >= 15 is 0 Å². The molecule has 0 atom stereocenters. The molecule has 1 heterocycles. The molecule has 0 radical (unpaired) electrons. The zero-order chi connectivity index (χ0) is 17.4. The van der Waals surface area contributed by atoms with Gasteiger partial charge in [0.25, 0.3) is 6.43 Å². The molecule has 1 aliphatic heterocycles. The summed E-state index contributed by atoms with van der Waals surface area (Å²) in [7, 11) is 1.37. The maximum absolute atomic E-state index is 12.3. The van der Waals surface area contributed by atoms with Crippen molar-refractivity contribution in [2.45, 2.75) is 12.8 Å². The summed E-state index contributed by atoms with van der Waals surface area (Å²) in [6.07, 6.45) is -2.01. The third-order valence-corrected chi connectivity index (χ3v) is 4.04. The van der Waals surface area contributed by atoms with E-state index in [-0.39, 0.29) is 18.9 Å². The molecule has 1 aromatic rings. The highest BCUT2D eigenvalue weighted by Crippen LogP contribution is 2.13. The van der Waals surface area contributed by atoms with Crippen molar-refractivity contribution in [1.29, 1.82) is 0 Å². The number of nitrogens with zero attached hydrogens (tertiary/aromatic N) is 2. The Morgan fingerprint density at radius 1 is 1.12 bits per heavy atom. The zero-order valence-corrected chi connectivity index (χ0v) is 13.9. The van der Waals surface area contributed by atoms with E-state index in [9.17, 15) is 13.6 Å². The zero-order valence-electron chi connectivity index (χ0n) is 13.9. The number of alkyl halides is 2. The number of esters is 1. The minimum atomic E-state index is -2.26. The first-order valence-electron chi connectivity index (χ1n) is 8.08. The van der Waals surface area contributed by atoms with Gasteiger partial charge in [-0.15, -0.1) is 0 Å². The lowest BCUT2D eigenvalue weighted by molar-refractivity contribution is -0.139. The van der Waals surface area contributed by atoms with Gasteiger partial charge in [-0.25, -0.2) is 8.78 Å². The van der Waals surface area contributed by atoms with Gasteiger partial charge in [-0.1, -0.05) is 12.1 Å². The van der Waals surface area contributed by atoms with Crippen molar-refractivity contribution in [1.82, 2.24) is 9.80 Å². The second-order valence-corrected chi connectivity index (χ2v) is 5.78. The molecule has 5 nitrogen and oxygen atoms in total. The molecule has 1 saturated heterocycles. The largest absolute Gasteiger partial charge is 0.492 e. The number of hydrogen-bond donors (Lipinski definition) is 0. The molecule has 24 heavy (non-hydrogen) atoms. The summed E-state index contributed by atoms with van der Waals surface area (Å²) in [5.74, 6) is 0.481. The number of methoxy groups -OCH3 is 1. The highest BCUT2D eigenvalue weighted by atomic mass is 19.3. The first kappa shape index (κ1) is 18.6. The van der Waals surface area contributed by atoms with E-state index in [2.05, 4.69) is 9.64 Å². The smallest absolute Gasteiger partial charge is 0.309 e. The van der Waals surface area contributed by atoms with E-state index in [1.165, 1.54) is 7.11 Å². The Balaban J connectivity index is 1.65. The molecule has 1 aliphatic rings. The average Bonchev–Trinajstić information content (AvgIpc) is 2.57. The third-order valence-electron chi connectivity index (χ3n) is 4.04. The van der Waals surface area contributed by atoms with Gasteiger partial charge >= 0.3 is 5.97 Å². The molecule has 1 fully saturated rings. The number of piperazine rings is 1. The lowest BCUT2D eigenvalue weighted by Crippen LogP contribution is -2.48. The van der Waals surface area contributed by atoms with Gasteiger partial charge in [-0.2, -0.15) is 0 Å². The second-order valence-electron chi connectivity index (χ2n) is 5.78. The normalized spacial score (nSPS) is 16.3. The molecule has 0 amide bonds. The van der Waals surface area contributed by atoms with E-state index in [4.69, 9.17) is 4.74 Å². The van der Waals surface area contributed by atoms with Gasteiger partial charge < -0.3 is 9.47 Å². The number of carbonyl (C=O) groups excluding carboxylic acids is 1. The van der Waals surface area contributed by atoms with Crippen molar-refractivity contribution in [2.24, 2.45) is 0 Å². The quantitative estimate of drug-likeness (QED) is 0.672. The fourth-order valence-electron chi connectivity index (χ4n) is 2.63. The van der Waals surface area contributed by atoms with Crippen LogP contribution >= 0.6 is 0 Å². The van der Waals surface area contributed by atoms with Crippen LogP contribution in [-0.4, -0.2) is 75.2 Å². The molecule has 0 aliphatic carbocycles. The molecule has 7 heteroatoms. The van der Waals surface area contributed by atoms with Crippen molar-refractivity contribution in [3.05, 3.63) is 29.8 Å². The number of carbonyl (C=O) groups is 1. The summed E-state index contributed by atoms with van der Waals surface area (Å²) in [6, 6.07) is 7.35. The Bertz CT molecular complexity index is 503. The molecule has 1 aromatic carbocycles. The topological polar surface area (TPSA) is 42.0 Å². The minimum absolute atomic E-state index is 0.137. The van der Waals surface area contributed by atoms with Gasteiger partial charge in [-0.3, -0.25) is 14.6 Å². The van der Waals surface area contributed by atoms with Crippen LogP contribution in [0.5, 0.6) is 5.75 Å². The number of rotatable bonds is 8. The summed E-state index contributed by atoms with van der Waals surface area (Å²) < 4.78 is 35.0. The maximum Gasteiger partial charge on any atom is 0.309 e. The monoisotopic (exact) mass is 342 g/mol. The molecule has 0 N–H and O–H groups in total. The first-order valence-corrected chi connectivity index (χ1v) is 8.08. The third kappa shape index (κ3) is 6.41. The van der Waals surface area contributed by atoms with Crippen molar-refractivity contribution in [3.63, 3.8) is 0 Å². The summed E-state index contributed by atoms with van der Waals surface area (Å²) in [5, 5.41) is 0. The number of ether oxygens (including phenoxy) is 2. The Labute approximate surface area is 141 Å².